The molecule has 3 rings (SSSR count). The van der Waals surface area contributed by atoms with Crippen LogP contribution >= 0.6 is 11.8 Å². The number of carbonyl (C=O) groups is 2. The molecule has 2 aromatic rings. The largest absolute Gasteiger partial charge is 0.452 e. The summed E-state index contributed by atoms with van der Waals surface area (Å²) >= 11 is 1.48. The highest BCUT2D eigenvalue weighted by atomic mass is 32.2. The molecule has 1 saturated heterocycles. The van der Waals surface area contributed by atoms with Gasteiger partial charge in [-0.2, -0.15) is 0 Å². The lowest BCUT2D eigenvalue weighted by Gasteiger charge is -2.17. The zero-order valence-electron chi connectivity index (χ0n) is 15.4. The molecule has 1 N–H and O–H groups in total. The van der Waals surface area contributed by atoms with E-state index in [1.807, 2.05) is 36.6 Å². The number of nitrogens with one attached hydrogen (secondary N) is 1. The number of amides is 1. The zero-order valence-corrected chi connectivity index (χ0v) is 16.2. The van der Waals surface area contributed by atoms with Crippen molar-refractivity contribution in [3.05, 3.63) is 65.7 Å². The molecule has 1 amide bonds. The van der Waals surface area contributed by atoms with E-state index in [0.29, 0.717) is 5.56 Å². The van der Waals surface area contributed by atoms with Crippen molar-refractivity contribution >= 4 is 23.6 Å². The van der Waals surface area contributed by atoms with Crippen LogP contribution in [0.3, 0.4) is 0 Å². The van der Waals surface area contributed by atoms with Gasteiger partial charge < -0.3 is 10.1 Å². The molecule has 1 aliphatic rings. The number of esters is 1. The molecule has 0 spiro atoms. The number of thioether (sulfide) groups is 1. The van der Waals surface area contributed by atoms with Gasteiger partial charge >= 0.3 is 5.97 Å². The topological polar surface area (TPSA) is 58.6 Å². The first kappa shape index (κ1) is 19.5. The third kappa shape index (κ3) is 5.58. The summed E-state index contributed by atoms with van der Waals surface area (Å²) in [5, 5.41) is 2.97. The lowest BCUT2D eigenvalue weighted by atomic mass is 10.2. The fourth-order valence-corrected chi connectivity index (χ4v) is 3.81. The van der Waals surface area contributed by atoms with Crippen LogP contribution in [0.2, 0.25) is 0 Å². The Kier molecular flexibility index (Phi) is 6.90. The number of ether oxygens (including phenoxy) is 1. The van der Waals surface area contributed by atoms with E-state index in [0.717, 1.165) is 31.0 Å². The van der Waals surface area contributed by atoms with Crippen molar-refractivity contribution in [1.82, 2.24) is 10.2 Å². The highest BCUT2D eigenvalue weighted by Crippen LogP contribution is 2.20. The summed E-state index contributed by atoms with van der Waals surface area (Å²) in [6.07, 6.45) is 2.81. The van der Waals surface area contributed by atoms with E-state index in [9.17, 15) is 9.59 Å². The van der Waals surface area contributed by atoms with Crippen LogP contribution in [-0.2, 0) is 16.1 Å². The Morgan fingerprint density at radius 1 is 1.15 bits per heavy atom. The first-order valence-corrected chi connectivity index (χ1v) is 10.2. The van der Waals surface area contributed by atoms with Crippen LogP contribution in [0, 0.1) is 0 Å². The van der Waals surface area contributed by atoms with E-state index in [-0.39, 0.29) is 18.6 Å². The van der Waals surface area contributed by atoms with E-state index in [1.54, 1.807) is 12.1 Å². The summed E-state index contributed by atoms with van der Waals surface area (Å²) in [5.74, 6) is -0.719. The monoisotopic (exact) mass is 384 g/mol. The van der Waals surface area contributed by atoms with Gasteiger partial charge in [0.2, 0.25) is 0 Å². The van der Waals surface area contributed by atoms with Gasteiger partial charge in [-0.05, 0) is 30.4 Å². The smallest absolute Gasteiger partial charge is 0.339 e. The lowest BCUT2D eigenvalue weighted by Crippen LogP contribution is -2.39. The molecule has 1 atom stereocenters. The molecule has 0 aromatic heterocycles. The second-order valence-electron chi connectivity index (χ2n) is 6.55. The number of hydrogen-bond donors (Lipinski definition) is 1. The Hall–Kier alpha value is -2.31. The summed E-state index contributed by atoms with van der Waals surface area (Å²) in [7, 11) is 0. The molecule has 6 heteroatoms. The minimum absolute atomic E-state index is 0.0957. The van der Waals surface area contributed by atoms with Crippen LogP contribution in [0.1, 0.15) is 22.3 Å². The molecule has 0 aliphatic carbocycles. The van der Waals surface area contributed by atoms with Crippen LogP contribution in [0.25, 0.3) is 0 Å². The fraction of sp³-hybridized carbons (Fsp3) is 0.333. The van der Waals surface area contributed by atoms with E-state index in [2.05, 4.69) is 22.3 Å². The van der Waals surface area contributed by atoms with Gasteiger partial charge in [-0.25, -0.2) is 4.79 Å². The quantitative estimate of drug-likeness (QED) is 0.588. The lowest BCUT2D eigenvalue weighted by molar-refractivity contribution is -0.124. The molecule has 142 valence electrons. The van der Waals surface area contributed by atoms with E-state index in [1.165, 1.54) is 17.3 Å². The maximum Gasteiger partial charge on any atom is 0.339 e. The molecule has 1 aliphatic heterocycles. The molecule has 0 saturated carbocycles. The molecule has 1 unspecified atom stereocenters. The van der Waals surface area contributed by atoms with Crippen molar-refractivity contribution in [2.24, 2.45) is 0 Å². The first-order chi connectivity index (χ1) is 13.2. The Labute approximate surface area is 164 Å². The minimum Gasteiger partial charge on any atom is -0.452 e. The van der Waals surface area contributed by atoms with Crippen molar-refractivity contribution in [2.75, 3.05) is 26.0 Å². The number of benzene rings is 2. The highest BCUT2D eigenvalue weighted by Gasteiger charge is 2.24. The predicted octanol–water partition coefficient (Wildman–Crippen LogP) is 2.96. The van der Waals surface area contributed by atoms with E-state index >= 15 is 0 Å². The van der Waals surface area contributed by atoms with Crippen molar-refractivity contribution in [2.45, 2.75) is 23.9 Å². The number of carbonyl (C=O) groups excluding carboxylic acids is 2. The Balaban J connectivity index is 1.42. The van der Waals surface area contributed by atoms with Gasteiger partial charge in [0.25, 0.3) is 5.91 Å². The van der Waals surface area contributed by atoms with Gasteiger partial charge in [0, 0.05) is 30.6 Å². The highest BCUT2D eigenvalue weighted by molar-refractivity contribution is 7.98. The molecule has 1 fully saturated rings. The van der Waals surface area contributed by atoms with Crippen LogP contribution in [0.5, 0.6) is 0 Å². The van der Waals surface area contributed by atoms with Crippen LogP contribution in [0.4, 0.5) is 0 Å². The molecule has 1 heterocycles. The van der Waals surface area contributed by atoms with Crippen molar-refractivity contribution in [3.8, 4) is 0 Å². The third-order valence-electron chi connectivity index (χ3n) is 4.55. The third-order valence-corrected chi connectivity index (χ3v) is 5.34. The molecular formula is C21H24N2O3S. The fourth-order valence-electron chi connectivity index (χ4n) is 3.23. The number of nitrogens with zero attached hydrogens (tertiary/aromatic N) is 1. The van der Waals surface area contributed by atoms with E-state index in [4.69, 9.17) is 4.74 Å². The maximum atomic E-state index is 12.2. The molecule has 0 radical (unpaired) electrons. The second-order valence-corrected chi connectivity index (χ2v) is 7.40. The van der Waals surface area contributed by atoms with Gasteiger partial charge in [-0.3, -0.25) is 9.69 Å². The summed E-state index contributed by atoms with van der Waals surface area (Å²) < 4.78 is 5.19. The normalized spacial score (nSPS) is 16.9. The van der Waals surface area contributed by atoms with Gasteiger partial charge in [-0.1, -0.05) is 42.5 Å². The first-order valence-electron chi connectivity index (χ1n) is 9.01. The van der Waals surface area contributed by atoms with Crippen LogP contribution in [0.15, 0.2) is 59.5 Å². The average molecular weight is 385 g/mol. The Bertz CT molecular complexity index is 782. The molecular weight excluding hydrogens is 360 g/mol. The summed E-state index contributed by atoms with van der Waals surface area (Å²) in [6.45, 7) is 2.38. The average Bonchev–Trinajstić information content (AvgIpc) is 3.13. The Morgan fingerprint density at radius 2 is 1.89 bits per heavy atom. The van der Waals surface area contributed by atoms with Crippen molar-refractivity contribution in [3.63, 3.8) is 0 Å². The van der Waals surface area contributed by atoms with Crippen LogP contribution in [-0.4, -0.2) is 48.8 Å². The second kappa shape index (κ2) is 9.58. The summed E-state index contributed by atoms with van der Waals surface area (Å²) in [6, 6.07) is 17.6. The zero-order chi connectivity index (χ0) is 19.1. The van der Waals surface area contributed by atoms with Gasteiger partial charge in [0.1, 0.15) is 0 Å². The SMILES string of the molecule is CSc1ccccc1C(=O)OCC(=O)NC1CCN(Cc2ccccc2)C1. The van der Waals surface area contributed by atoms with Crippen molar-refractivity contribution in [1.29, 1.82) is 0 Å². The summed E-state index contributed by atoms with van der Waals surface area (Å²) in [4.78, 5) is 27.5. The number of likely N-dealkylation sites (tertiary alicyclic amines) is 1. The Morgan fingerprint density at radius 3 is 2.67 bits per heavy atom. The molecule has 0 bridgehead atoms. The summed E-state index contributed by atoms with van der Waals surface area (Å²) in [5.41, 5.74) is 1.76. The molecule has 2 aromatic carbocycles. The van der Waals surface area contributed by atoms with E-state index < -0.39 is 5.97 Å². The predicted molar refractivity (Wildman–Crippen MR) is 107 cm³/mol. The number of hydrogen-bond acceptors (Lipinski definition) is 5. The van der Waals surface area contributed by atoms with Gasteiger partial charge in [0.15, 0.2) is 6.61 Å². The molecule has 5 nitrogen and oxygen atoms in total. The number of rotatable bonds is 7. The van der Waals surface area contributed by atoms with Crippen molar-refractivity contribution < 1.29 is 14.3 Å². The standard InChI is InChI=1S/C21H24N2O3S/c1-27-19-10-6-5-9-18(19)21(25)26-15-20(24)22-17-11-12-23(14-17)13-16-7-3-2-4-8-16/h2-10,17H,11-15H2,1H3,(H,22,24). The minimum atomic E-state index is -0.466. The van der Waals surface area contributed by atoms with Gasteiger partial charge in [0.05, 0.1) is 5.56 Å². The maximum absolute atomic E-state index is 12.2. The molecule has 27 heavy (non-hydrogen) atoms. The van der Waals surface area contributed by atoms with Crippen LogP contribution < -0.4 is 5.32 Å². The van der Waals surface area contributed by atoms with Gasteiger partial charge in [-0.15, -0.1) is 11.8 Å².